The van der Waals surface area contributed by atoms with E-state index in [-0.39, 0.29) is 0 Å². The van der Waals surface area contributed by atoms with Crippen molar-refractivity contribution in [1.29, 1.82) is 0 Å². The lowest BCUT2D eigenvalue weighted by Crippen LogP contribution is -1.72. The Morgan fingerprint density at radius 3 is 3.00 bits per heavy atom. The fourth-order valence-electron chi connectivity index (χ4n) is 1.39. The lowest BCUT2D eigenvalue weighted by molar-refractivity contribution is 1.14. The van der Waals surface area contributed by atoms with Gasteiger partial charge in [0.05, 0.1) is 15.9 Å². The molecule has 0 saturated heterocycles. The van der Waals surface area contributed by atoms with E-state index in [0.29, 0.717) is 5.02 Å². The van der Waals surface area contributed by atoms with Crippen molar-refractivity contribution in [3.05, 3.63) is 39.3 Å². The molecule has 0 aliphatic rings. The lowest BCUT2D eigenvalue weighted by Gasteiger charge is -1.86. The number of fused-ring (bicyclic) bond motifs is 1. The summed E-state index contributed by atoms with van der Waals surface area (Å²) in [4.78, 5) is 4.48. The Hall–Kier alpha value is -1.30. The standard InChI is InChI=1S/C11H6ClN3S2/c12-7-1-3-10-9(5-7)13-11(17-10)4-2-8-6-16-15-14-8/h1-6H/b4-2-. The van der Waals surface area contributed by atoms with Crippen LogP contribution >= 0.6 is 34.5 Å². The summed E-state index contributed by atoms with van der Waals surface area (Å²) >= 11 is 8.88. The van der Waals surface area contributed by atoms with Crippen LogP contribution in [0.4, 0.5) is 0 Å². The molecule has 0 spiro atoms. The molecule has 0 amide bonds. The zero-order chi connectivity index (χ0) is 11.7. The molecule has 0 N–H and O–H groups in total. The first-order valence-corrected chi connectivity index (χ1v) is 6.85. The number of hydrogen-bond donors (Lipinski definition) is 0. The van der Waals surface area contributed by atoms with Crippen molar-refractivity contribution < 1.29 is 0 Å². The van der Waals surface area contributed by atoms with Gasteiger partial charge in [0.15, 0.2) is 0 Å². The van der Waals surface area contributed by atoms with Crippen molar-refractivity contribution in [1.82, 2.24) is 14.6 Å². The van der Waals surface area contributed by atoms with Gasteiger partial charge >= 0.3 is 0 Å². The van der Waals surface area contributed by atoms with E-state index >= 15 is 0 Å². The molecule has 0 unspecified atom stereocenters. The number of rotatable bonds is 2. The Kier molecular flexibility index (Phi) is 2.88. The average molecular weight is 280 g/mol. The summed E-state index contributed by atoms with van der Waals surface area (Å²) in [7, 11) is 0. The molecule has 3 rings (SSSR count). The summed E-state index contributed by atoms with van der Waals surface area (Å²) < 4.78 is 4.92. The molecule has 0 bridgehead atoms. The van der Waals surface area contributed by atoms with E-state index in [1.54, 1.807) is 11.3 Å². The second-order valence-corrected chi connectivity index (χ2v) is 5.44. The van der Waals surface area contributed by atoms with Gasteiger partial charge < -0.3 is 0 Å². The Balaban J connectivity index is 1.96. The van der Waals surface area contributed by atoms with Crippen LogP contribution < -0.4 is 0 Å². The van der Waals surface area contributed by atoms with Gasteiger partial charge in [0.1, 0.15) is 5.01 Å². The van der Waals surface area contributed by atoms with Crippen LogP contribution in [-0.4, -0.2) is 14.6 Å². The maximum Gasteiger partial charge on any atom is 0.117 e. The smallest absolute Gasteiger partial charge is 0.117 e. The lowest BCUT2D eigenvalue weighted by atomic mass is 10.3. The highest BCUT2D eigenvalue weighted by atomic mass is 35.5. The normalized spacial score (nSPS) is 11.6. The molecule has 3 aromatic rings. The van der Waals surface area contributed by atoms with Gasteiger partial charge in [-0.25, -0.2) is 4.98 Å². The molecule has 1 aromatic carbocycles. The third-order valence-electron chi connectivity index (χ3n) is 2.14. The van der Waals surface area contributed by atoms with Crippen LogP contribution in [0.5, 0.6) is 0 Å². The molecular formula is C11H6ClN3S2. The highest BCUT2D eigenvalue weighted by molar-refractivity contribution is 7.19. The van der Waals surface area contributed by atoms with Crippen LogP contribution in [0.15, 0.2) is 23.6 Å². The minimum Gasteiger partial charge on any atom is -0.237 e. The number of nitrogens with zero attached hydrogens (tertiary/aromatic N) is 3. The predicted octanol–water partition coefficient (Wildman–Crippen LogP) is 3.97. The van der Waals surface area contributed by atoms with Crippen LogP contribution in [0, 0.1) is 0 Å². The Bertz CT molecular complexity index is 673. The van der Waals surface area contributed by atoms with Gasteiger partial charge in [-0.05, 0) is 41.9 Å². The van der Waals surface area contributed by atoms with Crippen LogP contribution in [0.3, 0.4) is 0 Å². The van der Waals surface area contributed by atoms with E-state index in [1.165, 1.54) is 11.5 Å². The Labute approximate surface area is 111 Å². The monoisotopic (exact) mass is 279 g/mol. The average Bonchev–Trinajstić information content (AvgIpc) is 2.94. The summed E-state index contributed by atoms with van der Waals surface area (Å²) in [5.74, 6) is 0. The second kappa shape index (κ2) is 4.52. The molecule has 6 heteroatoms. The quantitative estimate of drug-likeness (QED) is 0.712. The molecule has 2 heterocycles. The molecule has 2 aromatic heterocycles. The minimum atomic E-state index is 0.710. The van der Waals surface area contributed by atoms with E-state index in [2.05, 4.69) is 14.6 Å². The molecule has 0 saturated carbocycles. The van der Waals surface area contributed by atoms with Crippen LogP contribution in [0.25, 0.3) is 22.4 Å². The topological polar surface area (TPSA) is 38.7 Å². The largest absolute Gasteiger partial charge is 0.237 e. The zero-order valence-corrected chi connectivity index (χ0v) is 10.9. The van der Waals surface area contributed by atoms with Crippen molar-refractivity contribution >= 4 is 56.8 Å². The number of halogens is 1. The summed E-state index contributed by atoms with van der Waals surface area (Å²) in [6, 6.07) is 5.73. The first kappa shape index (κ1) is 10.8. The molecule has 3 nitrogen and oxygen atoms in total. The highest BCUT2D eigenvalue weighted by Gasteiger charge is 2.01. The number of thiazole rings is 1. The van der Waals surface area contributed by atoms with E-state index < -0.39 is 0 Å². The van der Waals surface area contributed by atoms with Crippen molar-refractivity contribution in [2.45, 2.75) is 0 Å². The molecule has 0 fully saturated rings. The number of benzene rings is 1. The molecule has 84 valence electrons. The molecule has 0 radical (unpaired) electrons. The second-order valence-electron chi connectivity index (χ2n) is 3.33. The fourth-order valence-corrected chi connectivity index (χ4v) is 2.83. The number of aromatic nitrogens is 3. The van der Waals surface area contributed by atoms with Crippen molar-refractivity contribution in [3.8, 4) is 0 Å². The van der Waals surface area contributed by atoms with E-state index in [4.69, 9.17) is 11.6 Å². The van der Waals surface area contributed by atoms with Crippen LogP contribution in [0.2, 0.25) is 5.02 Å². The van der Waals surface area contributed by atoms with Gasteiger partial charge in [0.2, 0.25) is 0 Å². The molecule has 0 atom stereocenters. The molecule has 0 aliphatic heterocycles. The van der Waals surface area contributed by atoms with Gasteiger partial charge in [-0.15, -0.1) is 16.4 Å². The Morgan fingerprint density at radius 1 is 1.24 bits per heavy atom. The summed E-state index contributed by atoms with van der Waals surface area (Å²) in [6.07, 6.45) is 3.85. The van der Waals surface area contributed by atoms with Crippen molar-refractivity contribution in [2.24, 2.45) is 0 Å². The fraction of sp³-hybridized carbons (Fsp3) is 0. The Morgan fingerprint density at radius 2 is 2.18 bits per heavy atom. The third kappa shape index (κ3) is 2.36. The maximum atomic E-state index is 5.92. The van der Waals surface area contributed by atoms with Crippen molar-refractivity contribution in [2.75, 3.05) is 0 Å². The minimum absolute atomic E-state index is 0.710. The van der Waals surface area contributed by atoms with E-state index in [1.807, 2.05) is 35.7 Å². The van der Waals surface area contributed by atoms with Gasteiger partial charge in [-0.1, -0.05) is 16.1 Å². The zero-order valence-electron chi connectivity index (χ0n) is 8.50. The van der Waals surface area contributed by atoms with E-state index in [0.717, 1.165) is 20.9 Å². The molecular weight excluding hydrogens is 274 g/mol. The van der Waals surface area contributed by atoms with Crippen LogP contribution in [0.1, 0.15) is 10.7 Å². The number of hydrogen-bond acceptors (Lipinski definition) is 5. The third-order valence-corrected chi connectivity index (χ3v) is 3.90. The molecule has 17 heavy (non-hydrogen) atoms. The summed E-state index contributed by atoms with van der Waals surface area (Å²) in [5, 5.41) is 7.48. The van der Waals surface area contributed by atoms with E-state index in [9.17, 15) is 0 Å². The summed E-state index contributed by atoms with van der Waals surface area (Å²) in [6.45, 7) is 0. The van der Waals surface area contributed by atoms with Gasteiger partial charge in [0.25, 0.3) is 0 Å². The predicted molar refractivity (Wildman–Crippen MR) is 73.5 cm³/mol. The first-order valence-electron chi connectivity index (χ1n) is 4.82. The first-order chi connectivity index (χ1) is 8.31. The molecule has 0 aliphatic carbocycles. The van der Waals surface area contributed by atoms with Gasteiger partial charge in [-0.2, -0.15) is 0 Å². The maximum absolute atomic E-state index is 5.92. The van der Waals surface area contributed by atoms with Gasteiger partial charge in [0, 0.05) is 10.4 Å². The van der Waals surface area contributed by atoms with Gasteiger partial charge in [-0.3, -0.25) is 0 Å². The summed E-state index contributed by atoms with van der Waals surface area (Å²) in [5.41, 5.74) is 1.78. The SMILES string of the molecule is Clc1ccc2sc(/C=C\c3csnn3)nc2c1. The highest BCUT2D eigenvalue weighted by Crippen LogP contribution is 2.25. The van der Waals surface area contributed by atoms with Crippen molar-refractivity contribution in [3.63, 3.8) is 0 Å². The van der Waals surface area contributed by atoms with Crippen LogP contribution in [-0.2, 0) is 0 Å².